The standard InChI is InChI=1S/C23H24N2O/c1-15(2)25-22-8-6-5-7-21(22)24-23(25)16(3)17-9-10-19-14-20(26-4)12-11-18(19)13-17/h5-16H,1-4H3/t16-/m1/s1. The van der Waals surface area contributed by atoms with Crippen LogP contribution in [0.25, 0.3) is 21.8 Å². The highest BCUT2D eigenvalue weighted by atomic mass is 16.5. The summed E-state index contributed by atoms with van der Waals surface area (Å²) in [5, 5.41) is 2.42. The molecule has 4 aromatic rings. The third-order valence-corrected chi connectivity index (χ3v) is 5.10. The van der Waals surface area contributed by atoms with Crippen molar-refractivity contribution in [2.24, 2.45) is 0 Å². The third kappa shape index (κ3) is 2.74. The average molecular weight is 344 g/mol. The van der Waals surface area contributed by atoms with Gasteiger partial charge in [-0.05, 0) is 54.4 Å². The van der Waals surface area contributed by atoms with Crippen LogP contribution in [0, 0.1) is 0 Å². The summed E-state index contributed by atoms with van der Waals surface area (Å²) in [6.45, 7) is 6.68. The molecule has 3 nitrogen and oxygen atoms in total. The molecule has 0 spiro atoms. The molecule has 0 saturated carbocycles. The molecule has 1 heterocycles. The summed E-state index contributed by atoms with van der Waals surface area (Å²) in [7, 11) is 1.70. The van der Waals surface area contributed by atoms with Gasteiger partial charge in [-0.25, -0.2) is 4.98 Å². The number of methoxy groups -OCH3 is 1. The number of nitrogens with zero attached hydrogens (tertiary/aromatic N) is 2. The first-order valence-electron chi connectivity index (χ1n) is 9.13. The fourth-order valence-corrected chi connectivity index (χ4v) is 3.70. The van der Waals surface area contributed by atoms with E-state index in [1.54, 1.807) is 7.11 Å². The molecule has 0 N–H and O–H groups in total. The van der Waals surface area contributed by atoms with Gasteiger partial charge < -0.3 is 9.30 Å². The summed E-state index contributed by atoms with van der Waals surface area (Å²) in [6, 6.07) is 21.6. The lowest BCUT2D eigenvalue weighted by atomic mass is 9.96. The Labute approximate surface area is 154 Å². The van der Waals surface area contributed by atoms with Crippen LogP contribution in [0.4, 0.5) is 0 Å². The van der Waals surface area contributed by atoms with Gasteiger partial charge in [-0.3, -0.25) is 0 Å². The van der Waals surface area contributed by atoms with Gasteiger partial charge in [-0.1, -0.05) is 43.3 Å². The molecular formula is C23H24N2O. The Kier molecular flexibility index (Phi) is 4.15. The van der Waals surface area contributed by atoms with Gasteiger partial charge in [0.25, 0.3) is 0 Å². The molecule has 0 unspecified atom stereocenters. The van der Waals surface area contributed by atoms with E-state index in [2.05, 4.69) is 79.9 Å². The van der Waals surface area contributed by atoms with Gasteiger partial charge >= 0.3 is 0 Å². The Hall–Kier alpha value is -2.81. The van der Waals surface area contributed by atoms with Crippen molar-refractivity contribution in [3.63, 3.8) is 0 Å². The van der Waals surface area contributed by atoms with Gasteiger partial charge in [-0.15, -0.1) is 0 Å². The Bertz CT molecular complexity index is 1080. The molecule has 132 valence electrons. The number of rotatable bonds is 4. The van der Waals surface area contributed by atoms with Crippen LogP contribution >= 0.6 is 0 Å². The minimum atomic E-state index is 0.219. The summed E-state index contributed by atoms with van der Waals surface area (Å²) in [6.07, 6.45) is 0. The predicted molar refractivity (Wildman–Crippen MR) is 108 cm³/mol. The zero-order valence-electron chi connectivity index (χ0n) is 15.7. The van der Waals surface area contributed by atoms with E-state index in [-0.39, 0.29) is 5.92 Å². The molecule has 0 fully saturated rings. The van der Waals surface area contributed by atoms with Gasteiger partial charge in [0, 0.05) is 12.0 Å². The summed E-state index contributed by atoms with van der Waals surface area (Å²) < 4.78 is 7.69. The fraction of sp³-hybridized carbons (Fsp3) is 0.261. The Morgan fingerprint density at radius 1 is 0.885 bits per heavy atom. The smallest absolute Gasteiger partial charge is 0.119 e. The molecule has 3 aromatic carbocycles. The van der Waals surface area contributed by atoms with E-state index >= 15 is 0 Å². The maximum absolute atomic E-state index is 5.33. The SMILES string of the molecule is COc1ccc2cc([C@@H](C)c3nc4ccccc4n3C(C)C)ccc2c1. The highest BCUT2D eigenvalue weighted by Gasteiger charge is 2.20. The van der Waals surface area contributed by atoms with Crippen LogP contribution in [-0.4, -0.2) is 16.7 Å². The lowest BCUT2D eigenvalue weighted by Gasteiger charge is -2.18. The number of fused-ring (bicyclic) bond motifs is 2. The van der Waals surface area contributed by atoms with Gasteiger partial charge in [0.15, 0.2) is 0 Å². The summed E-state index contributed by atoms with van der Waals surface area (Å²) in [5.41, 5.74) is 3.54. The molecule has 3 heteroatoms. The van der Waals surface area contributed by atoms with Crippen LogP contribution in [0.5, 0.6) is 5.75 Å². The van der Waals surface area contributed by atoms with Crippen molar-refractivity contribution >= 4 is 21.8 Å². The van der Waals surface area contributed by atoms with E-state index in [0.717, 1.165) is 17.1 Å². The van der Waals surface area contributed by atoms with Crippen molar-refractivity contribution in [2.45, 2.75) is 32.7 Å². The van der Waals surface area contributed by atoms with Crippen molar-refractivity contribution < 1.29 is 4.74 Å². The molecule has 0 saturated heterocycles. The molecule has 0 aliphatic rings. The second-order valence-electron chi connectivity index (χ2n) is 7.12. The number of aromatic nitrogens is 2. The molecule has 0 aliphatic carbocycles. The average Bonchev–Trinajstić information content (AvgIpc) is 3.06. The minimum Gasteiger partial charge on any atom is -0.497 e. The fourth-order valence-electron chi connectivity index (χ4n) is 3.70. The second-order valence-corrected chi connectivity index (χ2v) is 7.12. The van der Waals surface area contributed by atoms with Crippen LogP contribution in [-0.2, 0) is 0 Å². The molecule has 0 bridgehead atoms. The molecule has 0 radical (unpaired) electrons. The van der Waals surface area contributed by atoms with E-state index in [9.17, 15) is 0 Å². The highest BCUT2D eigenvalue weighted by Crippen LogP contribution is 2.32. The first-order chi connectivity index (χ1) is 12.6. The molecule has 0 aliphatic heterocycles. The maximum Gasteiger partial charge on any atom is 0.119 e. The summed E-state index contributed by atoms with van der Waals surface area (Å²) >= 11 is 0. The first kappa shape index (κ1) is 16.6. The summed E-state index contributed by atoms with van der Waals surface area (Å²) in [5.74, 6) is 2.23. The van der Waals surface area contributed by atoms with Crippen molar-refractivity contribution in [1.82, 2.24) is 9.55 Å². The lowest BCUT2D eigenvalue weighted by molar-refractivity contribution is 0.415. The second kappa shape index (κ2) is 6.49. The molecule has 1 atom stereocenters. The third-order valence-electron chi connectivity index (χ3n) is 5.10. The number of para-hydroxylation sites is 2. The Balaban J connectivity index is 1.82. The highest BCUT2D eigenvalue weighted by molar-refractivity contribution is 5.85. The van der Waals surface area contributed by atoms with Gasteiger partial charge in [0.05, 0.1) is 18.1 Å². The largest absolute Gasteiger partial charge is 0.497 e. The van der Waals surface area contributed by atoms with Gasteiger partial charge in [-0.2, -0.15) is 0 Å². The van der Waals surface area contributed by atoms with Crippen molar-refractivity contribution in [1.29, 1.82) is 0 Å². The normalized spacial score (nSPS) is 12.8. The first-order valence-corrected chi connectivity index (χ1v) is 9.13. The number of imidazole rings is 1. The molecular weight excluding hydrogens is 320 g/mol. The minimum absolute atomic E-state index is 0.219. The number of hydrogen-bond donors (Lipinski definition) is 0. The zero-order valence-corrected chi connectivity index (χ0v) is 15.7. The number of ether oxygens (including phenoxy) is 1. The van der Waals surface area contributed by atoms with E-state index in [1.165, 1.54) is 21.9 Å². The molecule has 26 heavy (non-hydrogen) atoms. The Morgan fingerprint density at radius 2 is 1.62 bits per heavy atom. The quantitative estimate of drug-likeness (QED) is 0.459. The topological polar surface area (TPSA) is 27.1 Å². The van der Waals surface area contributed by atoms with Crippen molar-refractivity contribution in [3.05, 3.63) is 72.1 Å². The van der Waals surface area contributed by atoms with E-state index in [4.69, 9.17) is 9.72 Å². The Morgan fingerprint density at radius 3 is 2.38 bits per heavy atom. The van der Waals surface area contributed by atoms with Crippen molar-refractivity contribution in [2.75, 3.05) is 7.11 Å². The number of benzene rings is 3. The van der Waals surface area contributed by atoms with Crippen LogP contribution < -0.4 is 4.74 Å². The lowest BCUT2D eigenvalue weighted by Crippen LogP contribution is -2.10. The van der Waals surface area contributed by atoms with Crippen LogP contribution in [0.3, 0.4) is 0 Å². The van der Waals surface area contributed by atoms with Gasteiger partial charge in [0.1, 0.15) is 11.6 Å². The monoisotopic (exact) mass is 344 g/mol. The predicted octanol–water partition coefficient (Wildman–Crippen LogP) is 5.93. The van der Waals surface area contributed by atoms with E-state index < -0.39 is 0 Å². The summed E-state index contributed by atoms with van der Waals surface area (Å²) in [4.78, 5) is 4.96. The van der Waals surface area contributed by atoms with Crippen LogP contribution in [0.15, 0.2) is 60.7 Å². The molecule has 4 rings (SSSR count). The van der Waals surface area contributed by atoms with Crippen molar-refractivity contribution in [3.8, 4) is 5.75 Å². The van der Waals surface area contributed by atoms with E-state index in [1.807, 2.05) is 6.07 Å². The van der Waals surface area contributed by atoms with Gasteiger partial charge in [0.2, 0.25) is 0 Å². The molecule has 0 amide bonds. The van der Waals surface area contributed by atoms with E-state index in [0.29, 0.717) is 6.04 Å². The zero-order chi connectivity index (χ0) is 18.3. The van der Waals surface area contributed by atoms with Crippen LogP contribution in [0.1, 0.15) is 44.1 Å². The number of hydrogen-bond acceptors (Lipinski definition) is 2. The maximum atomic E-state index is 5.33. The van der Waals surface area contributed by atoms with Crippen LogP contribution in [0.2, 0.25) is 0 Å². The molecule has 1 aromatic heterocycles.